The molecule has 3 rings (SSSR count). The molecule has 3 fully saturated rings. The molecule has 1 unspecified atom stereocenters. The molecule has 1 spiro atoms. The molecule has 3 N–H and O–H groups in total. The maximum absolute atomic E-state index is 12.4. The third-order valence-electron chi connectivity index (χ3n) is 5.46. The van der Waals surface area contributed by atoms with E-state index in [1.165, 1.54) is 12.8 Å². The summed E-state index contributed by atoms with van der Waals surface area (Å²) in [6.45, 7) is 5.12. The zero-order valence-electron chi connectivity index (χ0n) is 13.1. The maximum Gasteiger partial charge on any atom is 0.223 e. The number of piperidine rings is 2. The van der Waals surface area contributed by atoms with E-state index in [-0.39, 0.29) is 37.3 Å². The molecular formula is C15H29Cl2N3O2. The Hall–Kier alpha value is -0.0700. The highest BCUT2D eigenvalue weighted by Crippen LogP contribution is 2.58. The van der Waals surface area contributed by atoms with Crippen LogP contribution in [0.1, 0.15) is 32.1 Å². The van der Waals surface area contributed by atoms with Gasteiger partial charge in [0.2, 0.25) is 5.91 Å². The molecule has 130 valence electrons. The molecule has 1 atom stereocenters. The molecule has 3 aliphatic rings. The predicted octanol–water partition coefficient (Wildman–Crippen LogP) is 0.793. The second-order valence-corrected chi connectivity index (χ2v) is 6.72. The summed E-state index contributed by atoms with van der Waals surface area (Å²) in [5.41, 5.74) is 0.340. The van der Waals surface area contributed by atoms with Crippen molar-refractivity contribution < 1.29 is 9.90 Å². The van der Waals surface area contributed by atoms with Crippen LogP contribution in [0.3, 0.4) is 0 Å². The molecule has 0 bridgehead atoms. The van der Waals surface area contributed by atoms with E-state index in [1.807, 2.05) is 0 Å². The number of amides is 1. The largest absolute Gasteiger partial charge is 0.395 e. The van der Waals surface area contributed by atoms with Crippen LogP contribution in [0, 0.1) is 11.3 Å². The van der Waals surface area contributed by atoms with E-state index < -0.39 is 0 Å². The Kier molecular flexibility index (Phi) is 7.89. The van der Waals surface area contributed by atoms with Crippen molar-refractivity contribution in [1.29, 1.82) is 0 Å². The Morgan fingerprint density at radius 3 is 2.45 bits per heavy atom. The second kappa shape index (κ2) is 8.69. The van der Waals surface area contributed by atoms with Crippen molar-refractivity contribution in [3.8, 4) is 0 Å². The third kappa shape index (κ3) is 4.48. The van der Waals surface area contributed by atoms with Gasteiger partial charge in [-0.05, 0) is 50.6 Å². The maximum atomic E-state index is 12.4. The fourth-order valence-corrected chi connectivity index (χ4v) is 3.94. The summed E-state index contributed by atoms with van der Waals surface area (Å²) in [7, 11) is 0. The third-order valence-corrected chi connectivity index (χ3v) is 5.46. The van der Waals surface area contributed by atoms with Crippen LogP contribution in [0.5, 0.6) is 0 Å². The number of rotatable bonds is 4. The summed E-state index contributed by atoms with van der Waals surface area (Å²) in [6, 6.07) is 0.344. The van der Waals surface area contributed by atoms with Gasteiger partial charge in [-0.2, -0.15) is 0 Å². The molecule has 22 heavy (non-hydrogen) atoms. The Labute approximate surface area is 145 Å². The number of nitrogens with one attached hydrogen (secondary N) is 2. The number of carbonyl (C=O) groups is 1. The average molecular weight is 354 g/mol. The first kappa shape index (κ1) is 20.0. The first-order valence-electron chi connectivity index (χ1n) is 8.08. The van der Waals surface area contributed by atoms with E-state index >= 15 is 0 Å². The lowest BCUT2D eigenvalue weighted by molar-refractivity contribution is -0.124. The fraction of sp³-hybridized carbons (Fsp3) is 0.933. The number of aliphatic hydroxyl groups excluding tert-OH is 1. The van der Waals surface area contributed by atoms with E-state index in [4.69, 9.17) is 5.11 Å². The molecule has 1 amide bonds. The van der Waals surface area contributed by atoms with Crippen molar-refractivity contribution in [2.75, 3.05) is 39.3 Å². The number of carbonyl (C=O) groups excluding carboxylic acids is 1. The summed E-state index contributed by atoms with van der Waals surface area (Å²) < 4.78 is 0. The molecule has 0 aromatic carbocycles. The first-order chi connectivity index (χ1) is 9.73. The predicted molar refractivity (Wildman–Crippen MR) is 91.8 cm³/mol. The lowest BCUT2D eigenvalue weighted by atomic mass is 9.91. The molecule has 1 aliphatic carbocycles. The zero-order chi connectivity index (χ0) is 14.0. The van der Waals surface area contributed by atoms with Crippen molar-refractivity contribution in [1.82, 2.24) is 15.5 Å². The number of hydrogen-bond donors (Lipinski definition) is 3. The summed E-state index contributed by atoms with van der Waals surface area (Å²) in [5, 5.41) is 15.6. The van der Waals surface area contributed by atoms with Gasteiger partial charge in [0.1, 0.15) is 0 Å². The van der Waals surface area contributed by atoms with Gasteiger partial charge in [0.15, 0.2) is 0 Å². The number of nitrogens with zero attached hydrogens (tertiary/aromatic N) is 1. The van der Waals surface area contributed by atoms with Crippen LogP contribution in [0.25, 0.3) is 0 Å². The van der Waals surface area contributed by atoms with Crippen molar-refractivity contribution in [3.05, 3.63) is 0 Å². The van der Waals surface area contributed by atoms with E-state index in [0.717, 1.165) is 52.0 Å². The number of hydrogen-bond acceptors (Lipinski definition) is 4. The van der Waals surface area contributed by atoms with Crippen LogP contribution >= 0.6 is 24.8 Å². The zero-order valence-corrected chi connectivity index (χ0v) is 14.7. The molecular weight excluding hydrogens is 325 g/mol. The molecule has 7 heteroatoms. The molecule has 0 aromatic heterocycles. The Balaban J connectivity index is 0.00000121. The highest BCUT2D eigenvalue weighted by Gasteiger charge is 2.57. The monoisotopic (exact) mass is 353 g/mol. The van der Waals surface area contributed by atoms with Crippen LogP contribution in [0.15, 0.2) is 0 Å². The highest BCUT2D eigenvalue weighted by atomic mass is 35.5. The van der Waals surface area contributed by atoms with Gasteiger partial charge in [0.25, 0.3) is 0 Å². The molecule has 2 heterocycles. The highest BCUT2D eigenvalue weighted by molar-refractivity contribution is 5.85. The molecule has 0 radical (unpaired) electrons. The molecule has 5 nitrogen and oxygen atoms in total. The minimum Gasteiger partial charge on any atom is -0.395 e. The molecule has 2 saturated heterocycles. The van der Waals surface area contributed by atoms with Gasteiger partial charge in [-0.1, -0.05) is 0 Å². The Bertz CT molecular complexity index is 357. The van der Waals surface area contributed by atoms with Crippen molar-refractivity contribution in [2.24, 2.45) is 11.3 Å². The van der Waals surface area contributed by atoms with Gasteiger partial charge >= 0.3 is 0 Å². The first-order valence-corrected chi connectivity index (χ1v) is 8.08. The fourth-order valence-electron chi connectivity index (χ4n) is 3.94. The summed E-state index contributed by atoms with van der Waals surface area (Å²) in [5.74, 6) is 0.576. The van der Waals surface area contributed by atoms with Crippen LogP contribution in [-0.2, 0) is 4.79 Å². The van der Waals surface area contributed by atoms with Gasteiger partial charge in [-0.3, -0.25) is 4.79 Å². The number of likely N-dealkylation sites (tertiary alicyclic amines) is 1. The second-order valence-electron chi connectivity index (χ2n) is 6.72. The van der Waals surface area contributed by atoms with E-state index in [2.05, 4.69) is 15.5 Å². The van der Waals surface area contributed by atoms with Gasteiger partial charge in [-0.25, -0.2) is 0 Å². The lowest BCUT2D eigenvalue weighted by Crippen LogP contribution is -2.46. The van der Waals surface area contributed by atoms with Crippen LogP contribution in [0.4, 0.5) is 0 Å². The van der Waals surface area contributed by atoms with Crippen LogP contribution in [0.2, 0.25) is 0 Å². The normalized spacial score (nSPS) is 27.6. The van der Waals surface area contributed by atoms with Crippen molar-refractivity contribution in [2.45, 2.75) is 38.1 Å². The Morgan fingerprint density at radius 2 is 1.86 bits per heavy atom. The number of aliphatic hydroxyl groups is 1. The summed E-state index contributed by atoms with van der Waals surface area (Å²) in [4.78, 5) is 14.6. The standard InChI is InChI=1S/C15H27N3O2.2ClH/c19-10-9-18-7-1-12(2-8-18)17-14(20)13-11-15(13)3-5-16-6-4-15;;/h12-13,16,19H,1-11H2,(H,17,20);2*1H. The van der Waals surface area contributed by atoms with E-state index in [0.29, 0.717) is 17.4 Å². The summed E-state index contributed by atoms with van der Waals surface area (Å²) in [6.07, 6.45) is 5.48. The molecule has 2 aliphatic heterocycles. The SMILES string of the molecule is Cl.Cl.O=C(NC1CCN(CCO)CC1)C1CC12CCNCC2. The molecule has 0 aromatic rings. The van der Waals surface area contributed by atoms with Gasteiger partial charge < -0.3 is 20.6 Å². The van der Waals surface area contributed by atoms with Gasteiger partial charge in [0.05, 0.1) is 6.61 Å². The van der Waals surface area contributed by atoms with Crippen LogP contribution in [-0.4, -0.2) is 61.3 Å². The minimum absolute atomic E-state index is 0. The smallest absolute Gasteiger partial charge is 0.223 e. The minimum atomic E-state index is 0. The number of β-amino-alcohol motifs (C(OH)–C–C–N with tert-alkyl or cyclic N) is 1. The van der Waals surface area contributed by atoms with Gasteiger partial charge in [-0.15, -0.1) is 24.8 Å². The lowest BCUT2D eigenvalue weighted by Gasteiger charge is -2.32. The Morgan fingerprint density at radius 1 is 1.23 bits per heavy atom. The van der Waals surface area contributed by atoms with Gasteiger partial charge in [0, 0.05) is 31.6 Å². The number of halogens is 2. The van der Waals surface area contributed by atoms with Crippen molar-refractivity contribution >= 4 is 30.7 Å². The summed E-state index contributed by atoms with van der Waals surface area (Å²) >= 11 is 0. The van der Waals surface area contributed by atoms with Crippen LogP contribution < -0.4 is 10.6 Å². The topological polar surface area (TPSA) is 64.6 Å². The average Bonchev–Trinajstić information content (AvgIpc) is 3.16. The van der Waals surface area contributed by atoms with E-state index in [1.54, 1.807) is 0 Å². The quantitative estimate of drug-likeness (QED) is 0.699. The molecule has 1 saturated carbocycles. The van der Waals surface area contributed by atoms with E-state index in [9.17, 15) is 4.79 Å². The van der Waals surface area contributed by atoms with Crippen molar-refractivity contribution in [3.63, 3.8) is 0 Å².